The standard InChI is InChI=1S/C18H15N5O3/c24-16-9-8-14(22-23(16)12-4-2-1-3-5-12)17(25)19-11-6-7-13-15(10-11)21-18(26)20-13/h1-7,10H,8-9H2,(H,19,25)(H2,20,21,26). The van der Waals surface area contributed by atoms with Crippen molar-refractivity contribution in [3.05, 3.63) is 59.0 Å². The summed E-state index contributed by atoms with van der Waals surface area (Å²) in [5.41, 5.74) is 2.37. The Balaban J connectivity index is 1.58. The van der Waals surface area contributed by atoms with Gasteiger partial charge >= 0.3 is 5.69 Å². The van der Waals surface area contributed by atoms with E-state index in [1.54, 1.807) is 42.5 Å². The quantitative estimate of drug-likeness (QED) is 0.672. The van der Waals surface area contributed by atoms with Crippen molar-refractivity contribution in [3.63, 3.8) is 0 Å². The van der Waals surface area contributed by atoms with E-state index in [-0.39, 0.29) is 36.1 Å². The molecule has 0 unspecified atom stereocenters. The molecule has 1 aliphatic heterocycles. The summed E-state index contributed by atoms with van der Waals surface area (Å²) in [4.78, 5) is 41.2. The predicted octanol–water partition coefficient (Wildman–Crippen LogP) is 1.98. The second-order valence-corrected chi connectivity index (χ2v) is 5.88. The molecule has 3 aromatic rings. The van der Waals surface area contributed by atoms with Crippen molar-refractivity contribution in [2.45, 2.75) is 12.8 Å². The highest BCUT2D eigenvalue weighted by Crippen LogP contribution is 2.20. The summed E-state index contributed by atoms with van der Waals surface area (Å²) in [5, 5.41) is 8.23. The Morgan fingerprint density at radius 2 is 1.77 bits per heavy atom. The minimum atomic E-state index is -0.379. The first kappa shape index (κ1) is 15.8. The molecule has 0 fully saturated rings. The Morgan fingerprint density at radius 1 is 1.00 bits per heavy atom. The molecule has 1 aliphatic rings. The van der Waals surface area contributed by atoms with Crippen LogP contribution in [-0.2, 0) is 9.59 Å². The number of carbonyl (C=O) groups excluding carboxylic acids is 2. The minimum absolute atomic E-state index is 0.154. The molecule has 0 saturated heterocycles. The molecular weight excluding hydrogens is 334 g/mol. The first-order chi connectivity index (χ1) is 12.6. The molecule has 8 heteroatoms. The molecule has 0 atom stereocenters. The van der Waals surface area contributed by atoms with E-state index >= 15 is 0 Å². The summed E-state index contributed by atoms with van der Waals surface area (Å²) >= 11 is 0. The molecule has 2 heterocycles. The maximum atomic E-state index is 12.5. The zero-order valence-electron chi connectivity index (χ0n) is 13.7. The van der Waals surface area contributed by atoms with Crippen molar-refractivity contribution in [1.82, 2.24) is 9.97 Å². The van der Waals surface area contributed by atoms with Gasteiger partial charge in [-0.05, 0) is 30.3 Å². The lowest BCUT2D eigenvalue weighted by Gasteiger charge is -2.23. The fraction of sp³-hybridized carbons (Fsp3) is 0.111. The smallest absolute Gasteiger partial charge is 0.321 e. The molecule has 0 spiro atoms. The fourth-order valence-electron chi connectivity index (χ4n) is 2.80. The van der Waals surface area contributed by atoms with Crippen LogP contribution >= 0.6 is 0 Å². The molecule has 2 amide bonds. The van der Waals surface area contributed by atoms with Gasteiger partial charge in [0.05, 0.1) is 16.7 Å². The molecule has 26 heavy (non-hydrogen) atoms. The monoisotopic (exact) mass is 349 g/mol. The third-order valence-electron chi connectivity index (χ3n) is 4.07. The number of hydrazone groups is 1. The molecular formula is C18H15N5O3. The van der Waals surface area contributed by atoms with Crippen molar-refractivity contribution in [2.24, 2.45) is 5.10 Å². The van der Waals surface area contributed by atoms with Crippen LogP contribution in [0.25, 0.3) is 11.0 Å². The van der Waals surface area contributed by atoms with E-state index in [1.807, 2.05) is 6.07 Å². The third kappa shape index (κ3) is 3.00. The summed E-state index contributed by atoms with van der Waals surface area (Å²) in [6, 6.07) is 14.0. The summed E-state index contributed by atoms with van der Waals surface area (Å²) < 4.78 is 0. The van der Waals surface area contributed by atoms with Gasteiger partial charge in [-0.25, -0.2) is 9.80 Å². The largest absolute Gasteiger partial charge is 0.323 e. The number of rotatable bonds is 3. The predicted molar refractivity (Wildman–Crippen MR) is 98.1 cm³/mol. The van der Waals surface area contributed by atoms with E-state index in [9.17, 15) is 14.4 Å². The number of carbonyl (C=O) groups is 2. The van der Waals surface area contributed by atoms with Crippen LogP contribution in [-0.4, -0.2) is 27.5 Å². The van der Waals surface area contributed by atoms with Crippen LogP contribution in [0.5, 0.6) is 0 Å². The van der Waals surface area contributed by atoms with E-state index in [1.165, 1.54) is 5.01 Å². The molecule has 4 rings (SSSR count). The Kier molecular flexibility index (Phi) is 3.85. The van der Waals surface area contributed by atoms with Crippen molar-refractivity contribution in [1.29, 1.82) is 0 Å². The average molecular weight is 349 g/mol. The van der Waals surface area contributed by atoms with Gasteiger partial charge in [0.2, 0.25) is 5.91 Å². The Hall–Kier alpha value is -3.68. The van der Waals surface area contributed by atoms with Crippen molar-refractivity contribution < 1.29 is 9.59 Å². The number of anilines is 2. The van der Waals surface area contributed by atoms with E-state index in [4.69, 9.17) is 0 Å². The van der Waals surface area contributed by atoms with Crippen LogP contribution in [0.3, 0.4) is 0 Å². The maximum absolute atomic E-state index is 12.5. The number of para-hydroxylation sites is 1. The molecule has 1 aromatic heterocycles. The molecule has 130 valence electrons. The van der Waals surface area contributed by atoms with Crippen molar-refractivity contribution >= 4 is 39.9 Å². The van der Waals surface area contributed by atoms with Gasteiger partial charge in [-0.15, -0.1) is 0 Å². The summed E-state index contributed by atoms with van der Waals surface area (Å²) in [7, 11) is 0. The number of H-pyrrole nitrogens is 2. The van der Waals surface area contributed by atoms with Gasteiger partial charge in [-0.2, -0.15) is 5.10 Å². The lowest BCUT2D eigenvalue weighted by molar-refractivity contribution is -0.118. The van der Waals surface area contributed by atoms with Crippen LogP contribution in [0.2, 0.25) is 0 Å². The molecule has 0 bridgehead atoms. The van der Waals surface area contributed by atoms with Gasteiger partial charge < -0.3 is 15.3 Å². The molecule has 8 nitrogen and oxygen atoms in total. The van der Waals surface area contributed by atoms with Crippen LogP contribution in [0.4, 0.5) is 11.4 Å². The van der Waals surface area contributed by atoms with Crippen LogP contribution in [0.1, 0.15) is 12.8 Å². The normalized spacial score (nSPS) is 14.4. The minimum Gasteiger partial charge on any atom is -0.321 e. The first-order valence-electron chi connectivity index (χ1n) is 8.09. The number of hydrogen-bond donors (Lipinski definition) is 3. The number of amides is 2. The summed E-state index contributed by atoms with van der Waals surface area (Å²) in [6.07, 6.45) is 0.489. The Labute approximate surface area is 147 Å². The number of imidazole rings is 1. The van der Waals surface area contributed by atoms with Crippen LogP contribution < -0.4 is 16.0 Å². The van der Waals surface area contributed by atoms with Gasteiger partial charge in [0.15, 0.2) is 0 Å². The van der Waals surface area contributed by atoms with E-state index in [0.717, 1.165) is 0 Å². The van der Waals surface area contributed by atoms with Gasteiger partial charge in [0.1, 0.15) is 5.71 Å². The molecule has 0 radical (unpaired) electrons. The zero-order chi connectivity index (χ0) is 18.1. The fourth-order valence-corrected chi connectivity index (χ4v) is 2.80. The van der Waals surface area contributed by atoms with Crippen molar-refractivity contribution in [2.75, 3.05) is 10.3 Å². The van der Waals surface area contributed by atoms with Crippen LogP contribution in [0, 0.1) is 0 Å². The van der Waals surface area contributed by atoms with Gasteiger partial charge in [0, 0.05) is 18.5 Å². The second kappa shape index (κ2) is 6.32. The van der Waals surface area contributed by atoms with E-state index in [2.05, 4.69) is 20.4 Å². The lowest BCUT2D eigenvalue weighted by atomic mass is 10.1. The molecule has 0 saturated carbocycles. The number of hydrogen-bond acceptors (Lipinski definition) is 4. The number of nitrogens with one attached hydrogen (secondary N) is 3. The Morgan fingerprint density at radius 3 is 2.58 bits per heavy atom. The van der Waals surface area contributed by atoms with Gasteiger partial charge in [0.25, 0.3) is 5.91 Å². The number of aromatic nitrogens is 2. The highest BCUT2D eigenvalue weighted by atomic mass is 16.2. The van der Waals surface area contributed by atoms with Gasteiger partial charge in [-0.3, -0.25) is 9.59 Å². The Bertz CT molecular complexity index is 1080. The average Bonchev–Trinajstić information content (AvgIpc) is 3.02. The van der Waals surface area contributed by atoms with E-state index < -0.39 is 0 Å². The maximum Gasteiger partial charge on any atom is 0.323 e. The highest BCUT2D eigenvalue weighted by Gasteiger charge is 2.25. The van der Waals surface area contributed by atoms with Crippen LogP contribution in [0.15, 0.2) is 58.4 Å². The van der Waals surface area contributed by atoms with Gasteiger partial charge in [-0.1, -0.05) is 18.2 Å². The summed E-state index contributed by atoms with van der Waals surface area (Å²) in [6.45, 7) is 0. The topological polar surface area (TPSA) is 110 Å². The van der Waals surface area contributed by atoms with Crippen molar-refractivity contribution in [3.8, 4) is 0 Å². The molecule has 2 aromatic carbocycles. The number of benzene rings is 2. The second-order valence-electron chi connectivity index (χ2n) is 5.88. The summed E-state index contributed by atoms with van der Waals surface area (Å²) in [5.74, 6) is -0.533. The number of nitrogens with zero attached hydrogens (tertiary/aromatic N) is 2. The zero-order valence-corrected chi connectivity index (χ0v) is 13.7. The van der Waals surface area contributed by atoms with E-state index in [0.29, 0.717) is 22.4 Å². The molecule has 0 aliphatic carbocycles. The number of aromatic amines is 2. The number of fused-ring (bicyclic) bond motifs is 1. The molecule has 3 N–H and O–H groups in total. The highest BCUT2D eigenvalue weighted by molar-refractivity contribution is 6.44. The third-order valence-corrected chi connectivity index (χ3v) is 4.07. The first-order valence-corrected chi connectivity index (χ1v) is 8.09. The SMILES string of the molecule is O=C(Nc1ccc2[nH]c(=O)[nH]c2c1)C1=NN(c2ccccc2)C(=O)CC1. The lowest BCUT2D eigenvalue weighted by Crippen LogP contribution is -2.36.